The Hall–Kier alpha value is -0.970. The van der Waals surface area contributed by atoms with Crippen LogP contribution in [-0.4, -0.2) is 42.0 Å². The number of nitrogens with zero attached hydrogens (tertiary/aromatic N) is 1. The molecule has 0 radical (unpaired) electrons. The third kappa shape index (κ3) is 7.93. The first-order valence-corrected chi connectivity index (χ1v) is 7.04. The van der Waals surface area contributed by atoms with Crippen molar-refractivity contribution in [3.8, 4) is 0 Å². The van der Waals surface area contributed by atoms with Gasteiger partial charge in [-0.05, 0) is 50.4 Å². The summed E-state index contributed by atoms with van der Waals surface area (Å²) in [6.45, 7) is 6.46. The van der Waals surface area contributed by atoms with Crippen molar-refractivity contribution < 1.29 is 9.84 Å². The summed E-state index contributed by atoms with van der Waals surface area (Å²) in [4.78, 5) is 3.99. The van der Waals surface area contributed by atoms with Gasteiger partial charge in [-0.1, -0.05) is 6.92 Å². The number of hydrogen-bond acceptors (Lipinski definition) is 4. The van der Waals surface area contributed by atoms with Crippen LogP contribution in [0.1, 0.15) is 32.3 Å². The van der Waals surface area contributed by atoms with Crippen molar-refractivity contribution in [2.24, 2.45) is 0 Å². The number of aromatic nitrogens is 1. The van der Waals surface area contributed by atoms with Crippen molar-refractivity contribution in [1.82, 2.24) is 10.3 Å². The molecule has 0 aliphatic heterocycles. The minimum absolute atomic E-state index is 0.375. The van der Waals surface area contributed by atoms with E-state index in [0.29, 0.717) is 19.8 Å². The van der Waals surface area contributed by atoms with E-state index in [1.54, 1.807) is 19.3 Å². The lowest BCUT2D eigenvalue weighted by molar-refractivity contribution is -0.0325. The molecule has 4 nitrogen and oxygen atoms in total. The van der Waals surface area contributed by atoms with Gasteiger partial charge in [0.05, 0.1) is 12.2 Å². The highest BCUT2D eigenvalue weighted by molar-refractivity contribution is 5.09. The first-order chi connectivity index (χ1) is 9.14. The second-order valence-electron chi connectivity index (χ2n) is 5.19. The molecular weight excluding hydrogens is 240 g/mol. The topological polar surface area (TPSA) is 54.4 Å². The van der Waals surface area contributed by atoms with Gasteiger partial charge in [0, 0.05) is 25.5 Å². The molecule has 1 unspecified atom stereocenters. The minimum Gasteiger partial charge on any atom is -0.386 e. The standard InChI is InChI=1S/C15H26N2O2/c1-3-8-17-12-15(2,18)13-19-11-4-5-14-6-9-16-10-7-14/h6-7,9-10,17-18H,3-5,8,11-13H2,1-2H3. The molecule has 0 bridgehead atoms. The molecule has 1 aromatic rings. The molecule has 0 spiro atoms. The summed E-state index contributed by atoms with van der Waals surface area (Å²) < 4.78 is 5.55. The van der Waals surface area contributed by atoms with E-state index in [4.69, 9.17) is 4.74 Å². The predicted octanol–water partition coefficient (Wildman–Crippen LogP) is 1.78. The first-order valence-electron chi connectivity index (χ1n) is 7.04. The van der Waals surface area contributed by atoms with Gasteiger partial charge in [-0.2, -0.15) is 0 Å². The van der Waals surface area contributed by atoms with Crippen LogP contribution in [0.4, 0.5) is 0 Å². The molecule has 2 N–H and O–H groups in total. The number of aliphatic hydroxyl groups is 1. The quantitative estimate of drug-likeness (QED) is 0.634. The largest absolute Gasteiger partial charge is 0.386 e. The van der Waals surface area contributed by atoms with Crippen LogP contribution in [0.25, 0.3) is 0 Å². The second kappa shape index (κ2) is 9.02. The van der Waals surface area contributed by atoms with Crippen molar-refractivity contribution in [2.75, 3.05) is 26.3 Å². The summed E-state index contributed by atoms with van der Waals surface area (Å²) in [7, 11) is 0. The Bertz CT molecular complexity index is 328. The number of nitrogens with one attached hydrogen (secondary N) is 1. The van der Waals surface area contributed by atoms with E-state index in [1.165, 1.54) is 5.56 Å². The van der Waals surface area contributed by atoms with Gasteiger partial charge in [-0.25, -0.2) is 0 Å². The van der Waals surface area contributed by atoms with E-state index in [1.807, 2.05) is 12.1 Å². The van der Waals surface area contributed by atoms with Gasteiger partial charge in [0.25, 0.3) is 0 Å². The molecule has 19 heavy (non-hydrogen) atoms. The SMILES string of the molecule is CCCNCC(C)(O)COCCCc1ccncc1. The monoisotopic (exact) mass is 266 g/mol. The van der Waals surface area contributed by atoms with E-state index in [9.17, 15) is 5.11 Å². The van der Waals surface area contributed by atoms with Crippen LogP contribution < -0.4 is 5.32 Å². The van der Waals surface area contributed by atoms with Crippen molar-refractivity contribution >= 4 is 0 Å². The Morgan fingerprint density at radius 1 is 1.37 bits per heavy atom. The van der Waals surface area contributed by atoms with Gasteiger partial charge in [-0.15, -0.1) is 0 Å². The lowest BCUT2D eigenvalue weighted by Crippen LogP contribution is -2.42. The lowest BCUT2D eigenvalue weighted by atomic mass is 10.1. The third-order valence-electron chi connectivity index (χ3n) is 2.85. The average Bonchev–Trinajstić information content (AvgIpc) is 2.39. The fourth-order valence-electron chi connectivity index (χ4n) is 1.81. The Kier molecular flexibility index (Phi) is 7.63. The highest BCUT2D eigenvalue weighted by Crippen LogP contribution is 2.05. The molecule has 0 fully saturated rings. The summed E-state index contributed by atoms with van der Waals surface area (Å²) in [6.07, 6.45) is 6.63. The van der Waals surface area contributed by atoms with Crippen LogP contribution >= 0.6 is 0 Å². The number of pyridine rings is 1. The van der Waals surface area contributed by atoms with E-state index in [0.717, 1.165) is 25.8 Å². The van der Waals surface area contributed by atoms with Crippen LogP contribution in [0.3, 0.4) is 0 Å². The van der Waals surface area contributed by atoms with Crippen molar-refractivity contribution in [3.63, 3.8) is 0 Å². The molecule has 4 heteroatoms. The molecule has 0 saturated carbocycles. The molecular formula is C15H26N2O2. The normalized spacial score (nSPS) is 14.3. The Morgan fingerprint density at radius 3 is 2.79 bits per heavy atom. The number of rotatable bonds is 10. The maximum absolute atomic E-state index is 10.1. The molecule has 0 aromatic carbocycles. The Morgan fingerprint density at radius 2 is 2.11 bits per heavy atom. The molecule has 0 aliphatic carbocycles. The molecule has 1 heterocycles. The number of aryl methyl sites for hydroxylation is 1. The molecule has 1 atom stereocenters. The van der Waals surface area contributed by atoms with Gasteiger partial charge in [-0.3, -0.25) is 4.98 Å². The third-order valence-corrected chi connectivity index (χ3v) is 2.85. The Balaban J connectivity index is 2.06. The fraction of sp³-hybridized carbons (Fsp3) is 0.667. The van der Waals surface area contributed by atoms with E-state index >= 15 is 0 Å². The van der Waals surface area contributed by atoms with Crippen molar-refractivity contribution in [3.05, 3.63) is 30.1 Å². The van der Waals surface area contributed by atoms with Crippen LogP contribution in [0.2, 0.25) is 0 Å². The van der Waals surface area contributed by atoms with Crippen molar-refractivity contribution in [2.45, 2.75) is 38.7 Å². The van der Waals surface area contributed by atoms with Crippen molar-refractivity contribution in [1.29, 1.82) is 0 Å². The van der Waals surface area contributed by atoms with Crippen LogP contribution in [-0.2, 0) is 11.2 Å². The molecule has 1 rings (SSSR count). The zero-order valence-corrected chi connectivity index (χ0v) is 12.1. The highest BCUT2D eigenvalue weighted by Gasteiger charge is 2.19. The van der Waals surface area contributed by atoms with Gasteiger partial charge in [0.2, 0.25) is 0 Å². The Labute approximate surface area is 116 Å². The number of ether oxygens (including phenoxy) is 1. The summed E-state index contributed by atoms with van der Waals surface area (Å²) >= 11 is 0. The van der Waals surface area contributed by atoms with E-state index in [-0.39, 0.29) is 0 Å². The molecule has 0 aliphatic rings. The summed E-state index contributed by atoms with van der Waals surface area (Å²) in [5, 5.41) is 13.3. The fourth-order valence-corrected chi connectivity index (χ4v) is 1.81. The smallest absolute Gasteiger partial charge is 0.0975 e. The van der Waals surface area contributed by atoms with Crippen LogP contribution in [0.5, 0.6) is 0 Å². The summed E-state index contributed by atoms with van der Waals surface area (Å²) in [5.41, 5.74) is 0.487. The second-order valence-corrected chi connectivity index (χ2v) is 5.19. The minimum atomic E-state index is -0.786. The highest BCUT2D eigenvalue weighted by atomic mass is 16.5. The lowest BCUT2D eigenvalue weighted by Gasteiger charge is -2.23. The number of hydrogen-bond donors (Lipinski definition) is 2. The summed E-state index contributed by atoms with van der Waals surface area (Å²) in [5.74, 6) is 0. The molecule has 1 aromatic heterocycles. The molecule has 0 amide bonds. The maximum atomic E-state index is 10.1. The van der Waals surface area contributed by atoms with E-state index < -0.39 is 5.60 Å². The zero-order chi connectivity index (χ0) is 14.0. The van der Waals surface area contributed by atoms with Gasteiger partial charge < -0.3 is 15.2 Å². The van der Waals surface area contributed by atoms with Gasteiger partial charge in [0.15, 0.2) is 0 Å². The van der Waals surface area contributed by atoms with Crippen LogP contribution in [0.15, 0.2) is 24.5 Å². The summed E-state index contributed by atoms with van der Waals surface area (Å²) in [6, 6.07) is 4.04. The zero-order valence-electron chi connectivity index (χ0n) is 12.1. The average molecular weight is 266 g/mol. The first kappa shape index (κ1) is 16.1. The molecule has 0 saturated heterocycles. The maximum Gasteiger partial charge on any atom is 0.0975 e. The molecule has 108 valence electrons. The van der Waals surface area contributed by atoms with Gasteiger partial charge >= 0.3 is 0 Å². The van der Waals surface area contributed by atoms with Gasteiger partial charge in [0.1, 0.15) is 0 Å². The predicted molar refractivity (Wildman–Crippen MR) is 77.2 cm³/mol. The van der Waals surface area contributed by atoms with E-state index in [2.05, 4.69) is 17.2 Å². The van der Waals surface area contributed by atoms with Crippen LogP contribution in [0, 0.1) is 0 Å².